The number of allylic oxidation sites excluding steroid dienone is 1. The van der Waals surface area contributed by atoms with Gasteiger partial charge in [0.2, 0.25) is 6.79 Å². The van der Waals surface area contributed by atoms with Crippen molar-refractivity contribution in [3.05, 3.63) is 89.0 Å². The number of rotatable bonds is 8. The minimum Gasteiger partial charge on any atom is -0.545 e. The number of hydrogen-bond donors (Lipinski definition) is 0. The molecule has 7 nitrogen and oxygen atoms in total. The first-order valence-electron chi connectivity index (χ1n) is 10.2. The van der Waals surface area contributed by atoms with E-state index in [1.165, 1.54) is 20.3 Å². The van der Waals surface area contributed by atoms with E-state index < -0.39 is 11.8 Å². The van der Waals surface area contributed by atoms with E-state index >= 15 is 0 Å². The Balaban J connectivity index is 0.00000324. The fraction of sp³-hybridized carbons (Fsp3) is 0.154. The predicted octanol–water partition coefficient (Wildman–Crippen LogP) is 0.0656. The molecule has 0 atom stereocenters. The van der Waals surface area contributed by atoms with Crippen LogP contribution in [0.2, 0.25) is 0 Å². The molecule has 0 amide bonds. The van der Waals surface area contributed by atoms with Gasteiger partial charge in [-0.3, -0.25) is 4.79 Å². The van der Waals surface area contributed by atoms with Gasteiger partial charge in [-0.25, -0.2) is 0 Å². The monoisotopic (exact) mass is 468 g/mol. The van der Waals surface area contributed by atoms with Crippen LogP contribution in [-0.4, -0.2) is 32.8 Å². The van der Waals surface area contributed by atoms with Crippen LogP contribution in [0.5, 0.6) is 23.0 Å². The molecule has 3 aromatic rings. The van der Waals surface area contributed by atoms with Crippen molar-refractivity contribution in [2.24, 2.45) is 0 Å². The van der Waals surface area contributed by atoms with Crippen molar-refractivity contribution in [2.75, 3.05) is 21.0 Å². The predicted molar refractivity (Wildman–Crippen MR) is 119 cm³/mol. The number of benzene rings is 3. The smallest absolute Gasteiger partial charge is 0.545 e. The number of hydrogen-bond acceptors (Lipinski definition) is 7. The summed E-state index contributed by atoms with van der Waals surface area (Å²) in [6, 6.07) is 18.3. The summed E-state index contributed by atoms with van der Waals surface area (Å²) in [6.45, 7) is 0.0437. The molecule has 0 fully saturated rings. The Morgan fingerprint density at radius 3 is 2.24 bits per heavy atom. The number of ether oxygens (including phenoxy) is 4. The molecule has 4 rings (SSSR count). The van der Waals surface area contributed by atoms with Crippen LogP contribution in [-0.2, 0) is 11.2 Å². The van der Waals surface area contributed by atoms with Crippen LogP contribution >= 0.6 is 0 Å². The van der Waals surface area contributed by atoms with Crippen LogP contribution in [0.3, 0.4) is 0 Å². The zero-order chi connectivity index (χ0) is 23.4. The normalized spacial score (nSPS) is 12.3. The molecule has 0 spiro atoms. The van der Waals surface area contributed by atoms with Crippen molar-refractivity contribution in [1.29, 1.82) is 0 Å². The van der Waals surface area contributed by atoms with Crippen LogP contribution in [0.4, 0.5) is 0 Å². The fourth-order valence-corrected chi connectivity index (χ4v) is 3.71. The molecule has 34 heavy (non-hydrogen) atoms. The maximum Gasteiger partial charge on any atom is 1.00 e. The summed E-state index contributed by atoms with van der Waals surface area (Å²) in [5.41, 5.74) is 1.10. The van der Waals surface area contributed by atoms with Gasteiger partial charge in [0.05, 0.1) is 20.2 Å². The number of methoxy groups -OCH3 is 2. The molecule has 1 aliphatic rings. The molecule has 0 saturated heterocycles. The van der Waals surface area contributed by atoms with Gasteiger partial charge >= 0.3 is 29.6 Å². The van der Waals surface area contributed by atoms with Crippen molar-refractivity contribution in [1.82, 2.24) is 0 Å². The summed E-state index contributed by atoms with van der Waals surface area (Å²) in [7, 11) is 3.04. The quantitative estimate of drug-likeness (QED) is 0.262. The second-order valence-corrected chi connectivity index (χ2v) is 7.26. The van der Waals surface area contributed by atoms with Crippen LogP contribution in [0, 0.1) is 0 Å². The van der Waals surface area contributed by atoms with Crippen LogP contribution < -0.4 is 53.6 Å². The molecule has 0 N–H and O–H groups in total. The number of fused-ring (bicyclic) bond motifs is 1. The largest absolute Gasteiger partial charge is 1.00 e. The number of carbonyl (C=O) groups excluding carboxylic acids is 2. The molecular formula is C26H21NaO7. The van der Waals surface area contributed by atoms with Crippen molar-refractivity contribution < 1.29 is 63.2 Å². The van der Waals surface area contributed by atoms with Crippen molar-refractivity contribution in [3.63, 3.8) is 0 Å². The summed E-state index contributed by atoms with van der Waals surface area (Å²) in [5.74, 6) is 0.115. The summed E-state index contributed by atoms with van der Waals surface area (Å²) in [5, 5.41) is 12.4. The zero-order valence-electron chi connectivity index (χ0n) is 19.1. The molecule has 0 saturated carbocycles. The third kappa shape index (κ3) is 5.28. The molecule has 0 unspecified atom stereocenters. The third-order valence-electron chi connectivity index (χ3n) is 5.35. The Labute approximate surface area is 219 Å². The number of carboxylic acids is 1. The van der Waals surface area contributed by atoms with Crippen LogP contribution in [0.1, 0.15) is 21.5 Å². The molecule has 0 aliphatic carbocycles. The van der Waals surface area contributed by atoms with Gasteiger partial charge in [0, 0.05) is 23.1 Å². The minimum absolute atomic E-state index is 0. The molecular weight excluding hydrogens is 447 g/mol. The van der Waals surface area contributed by atoms with Gasteiger partial charge in [0.15, 0.2) is 17.3 Å². The summed E-state index contributed by atoms with van der Waals surface area (Å²) in [4.78, 5) is 26.0. The first kappa shape index (κ1) is 25.4. The molecule has 0 bridgehead atoms. The first-order valence-corrected chi connectivity index (χ1v) is 10.2. The molecule has 1 heterocycles. The van der Waals surface area contributed by atoms with E-state index in [0.29, 0.717) is 34.1 Å². The second kappa shape index (κ2) is 11.2. The first-order chi connectivity index (χ1) is 16.0. The Morgan fingerprint density at radius 2 is 1.56 bits per heavy atom. The van der Waals surface area contributed by atoms with Gasteiger partial charge in [0.1, 0.15) is 11.5 Å². The number of carbonyl (C=O) groups is 2. The Morgan fingerprint density at radius 1 is 0.882 bits per heavy atom. The third-order valence-corrected chi connectivity index (χ3v) is 5.35. The van der Waals surface area contributed by atoms with E-state index in [-0.39, 0.29) is 59.5 Å². The van der Waals surface area contributed by atoms with Crippen LogP contribution in [0.25, 0.3) is 5.57 Å². The van der Waals surface area contributed by atoms with Gasteiger partial charge in [-0.2, -0.15) is 0 Å². The van der Waals surface area contributed by atoms with Gasteiger partial charge < -0.3 is 28.8 Å². The fourth-order valence-electron chi connectivity index (χ4n) is 3.71. The average Bonchev–Trinajstić information content (AvgIpc) is 3.31. The summed E-state index contributed by atoms with van der Waals surface area (Å²) in [6.07, 6.45) is 0.0205. The summed E-state index contributed by atoms with van der Waals surface area (Å²) >= 11 is 0. The Hall–Kier alpha value is -3.26. The molecule has 0 radical (unpaired) electrons. The summed E-state index contributed by atoms with van der Waals surface area (Å²) < 4.78 is 21.3. The van der Waals surface area contributed by atoms with Gasteiger partial charge in [-0.1, -0.05) is 24.3 Å². The molecule has 3 aromatic carbocycles. The topological polar surface area (TPSA) is 94.1 Å². The van der Waals surface area contributed by atoms with E-state index in [4.69, 9.17) is 18.9 Å². The van der Waals surface area contributed by atoms with E-state index in [1.54, 1.807) is 60.7 Å². The number of Topliss-reactive ketones (excluding diaryl/α,β-unsaturated/α-hetero) is 1. The van der Waals surface area contributed by atoms with Crippen molar-refractivity contribution in [3.8, 4) is 23.0 Å². The van der Waals surface area contributed by atoms with Crippen molar-refractivity contribution >= 4 is 17.3 Å². The molecule has 0 aromatic heterocycles. The maximum atomic E-state index is 13.6. The standard InChI is InChI=1S/C26H22O7.Na/c1-30-19-10-7-16(8-11-19)25(27)20(13-17-5-3-4-6-21(17)31-2)24(26(28)29)18-9-12-22-23(14-18)33-15-32-22;/h3-12,14H,13,15H2,1-2H3,(H,28,29);/q;+1/p-1/b24-20-;. The maximum absolute atomic E-state index is 13.6. The SMILES string of the molecule is COc1ccc(C(=O)/C(Cc2ccccc2OC)=C(\C(=O)[O-])c2ccc3c(c2)OCO3)cc1.[Na+]. The number of aliphatic carboxylic acids is 1. The van der Waals surface area contributed by atoms with E-state index in [9.17, 15) is 14.7 Å². The van der Waals surface area contributed by atoms with Gasteiger partial charge in [-0.15, -0.1) is 0 Å². The number of ketones is 1. The van der Waals surface area contributed by atoms with Crippen molar-refractivity contribution in [2.45, 2.75) is 6.42 Å². The average molecular weight is 468 g/mol. The molecule has 168 valence electrons. The Kier molecular flexibility index (Phi) is 8.39. The molecule has 8 heteroatoms. The van der Waals surface area contributed by atoms with Gasteiger partial charge in [0.25, 0.3) is 0 Å². The van der Waals surface area contributed by atoms with Gasteiger partial charge in [-0.05, 0) is 53.6 Å². The Bertz CT molecular complexity index is 1230. The molecule has 1 aliphatic heterocycles. The van der Waals surface area contributed by atoms with E-state index in [0.717, 1.165) is 0 Å². The second-order valence-electron chi connectivity index (χ2n) is 7.26. The number of carboxylic acid groups (broad SMARTS) is 1. The minimum atomic E-state index is -1.47. The number of para-hydroxylation sites is 1. The zero-order valence-corrected chi connectivity index (χ0v) is 21.1. The van der Waals surface area contributed by atoms with E-state index in [1.807, 2.05) is 0 Å². The van der Waals surface area contributed by atoms with Crippen LogP contribution in [0.15, 0.2) is 72.3 Å². The van der Waals surface area contributed by atoms with E-state index in [2.05, 4.69) is 0 Å².